The zero-order chi connectivity index (χ0) is 10.0. The van der Waals surface area contributed by atoms with Gasteiger partial charge in [-0.3, -0.25) is 0 Å². The highest BCUT2D eigenvalue weighted by atomic mass is 19.1. The van der Waals surface area contributed by atoms with Crippen LogP contribution in [0.2, 0.25) is 0 Å². The van der Waals surface area contributed by atoms with Gasteiger partial charge in [0.05, 0.1) is 7.11 Å². The normalized spacial score (nSPS) is 9.92. The molecule has 0 saturated heterocycles. The molecule has 0 radical (unpaired) electrons. The van der Waals surface area contributed by atoms with Crippen molar-refractivity contribution in [3.8, 4) is 5.75 Å². The van der Waals surface area contributed by atoms with Crippen LogP contribution in [0.5, 0.6) is 5.75 Å². The van der Waals surface area contributed by atoms with Gasteiger partial charge in [-0.15, -0.1) is 0 Å². The molecular weight excluding hydrogens is 174 g/mol. The summed E-state index contributed by atoms with van der Waals surface area (Å²) in [6.45, 7) is 1.70. The molecule has 70 valence electrons. The number of hydrogen-bond donors (Lipinski definition) is 2. The van der Waals surface area contributed by atoms with Crippen LogP contribution in [0.25, 0.3) is 0 Å². The van der Waals surface area contributed by atoms with E-state index in [1.54, 1.807) is 6.92 Å². The Morgan fingerprint density at radius 3 is 2.46 bits per heavy atom. The van der Waals surface area contributed by atoms with Gasteiger partial charge in [0.1, 0.15) is 11.6 Å². The molecule has 0 aliphatic carbocycles. The first kappa shape index (κ1) is 10.0. The summed E-state index contributed by atoms with van der Waals surface area (Å²) in [6.07, 6.45) is 0. The second-order valence-corrected chi connectivity index (χ2v) is 2.72. The largest absolute Gasteiger partial charge is 0.496 e. The smallest absolute Gasteiger partial charge is 0.491 e. The van der Waals surface area contributed by atoms with Gasteiger partial charge in [0.25, 0.3) is 0 Å². The van der Waals surface area contributed by atoms with E-state index in [2.05, 4.69) is 0 Å². The number of benzene rings is 1. The van der Waals surface area contributed by atoms with Crippen LogP contribution in [0.3, 0.4) is 0 Å². The summed E-state index contributed by atoms with van der Waals surface area (Å²) in [5, 5.41) is 17.5. The van der Waals surface area contributed by atoms with E-state index in [-0.39, 0.29) is 5.46 Å². The molecule has 0 bridgehead atoms. The van der Waals surface area contributed by atoms with Crippen LogP contribution in [0, 0.1) is 12.7 Å². The highest BCUT2D eigenvalue weighted by Crippen LogP contribution is 2.16. The molecule has 0 atom stereocenters. The summed E-state index contributed by atoms with van der Waals surface area (Å²) in [5.74, 6) is -0.292. The SMILES string of the molecule is COc1cc(F)c(B(O)O)cc1C. The monoisotopic (exact) mass is 184 g/mol. The van der Waals surface area contributed by atoms with E-state index in [1.165, 1.54) is 13.2 Å². The molecule has 0 fully saturated rings. The van der Waals surface area contributed by atoms with Crippen LogP contribution in [0.1, 0.15) is 5.56 Å². The van der Waals surface area contributed by atoms with E-state index in [1.807, 2.05) is 0 Å². The predicted molar refractivity (Wildman–Crippen MR) is 47.5 cm³/mol. The highest BCUT2D eigenvalue weighted by molar-refractivity contribution is 6.58. The van der Waals surface area contributed by atoms with Gasteiger partial charge in [-0.2, -0.15) is 0 Å². The molecular formula is C8H10BFO3. The van der Waals surface area contributed by atoms with Crippen molar-refractivity contribution < 1.29 is 19.2 Å². The Kier molecular flexibility index (Phi) is 2.90. The first-order chi connectivity index (χ1) is 6.06. The maximum absolute atomic E-state index is 13.1. The average molecular weight is 184 g/mol. The fourth-order valence-corrected chi connectivity index (χ4v) is 1.10. The Labute approximate surface area is 75.9 Å². The maximum atomic E-state index is 13.1. The number of aryl methyl sites for hydroxylation is 1. The lowest BCUT2D eigenvalue weighted by Crippen LogP contribution is -2.33. The maximum Gasteiger partial charge on any atom is 0.491 e. The number of ether oxygens (including phenoxy) is 1. The fraction of sp³-hybridized carbons (Fsp3) is 0.250. The third-order valence-corrected chi connectivity index (χ3v) is 1.79. The summed E-state index contributed by atoms with van der Waals surface area (Å²) in [7, 11) is -0.360. The second-order valence-electron chi connectivity index (χ2n) is 2.72. The van der Waals surface area contributed by atoms with Crippen molar-refractivity contribution >= 4 is 12.6 Å². The Morgan fingerprint density at radius 2 is 2.00 bits per heavy atom. The number of methoxy groups -OCH3 is 1. The molecule has 1 aromatic carbocycles. The van der Waals surface area contributed by atoms with E-state index in [9.17, 15) is 4.39 Å². The Morgan fingerprint density at radius 1 is 1.38 bits per heavy atom. The van der Waals surface area contributed by atoms with Crippen molar-refractivity contribution in [2.24, 2.45) is 0 Å². The van der Waals surface area contributed by atoms with Crippen LogP contribution in [-0.2, 0) is 0 Å². The van der Waals surface area contributed by atoms with Crippen molar-refractivity contribution in [1.82, 2.24) is 0 Å². The number of rotatable bonds is 2. The van der Waals surface area contributed by atoms with Gasteiger partial charge in [0.2, 0.25) is 0 Å². The molecule has 1 aromatic rings. The van der Waals surface area contributed by atoms with E-state index >= 15 is 0 Å². The van der Waals surface area contributed by atoms with Crippen molar-refractivity contribution in [2.45, 2.75) is 6.92 Å². The fourth-order valence-electron chi connectivity index (χ4n) is 1.10. The summed E-state index contributed by atoms with van der Waals surface area (Å²) in [6, 6.07) is 2.48. The third-order valence-electron chi connectivity index (χ3n) is 1.79. The van der Waals surface area contributed by atoms with Crippen LogP contribution in [-0.4, -0.2) is 24.3 Å². The summed E-state index contributed by atoms with van der Waals surface area (Å²) < 4.78 is 17.9. The van der Waals surface area contributed by atoms with Gasteiger partial charge in [-0.05, 0) is 12.5 Å². The molecule has 1 rings (SSSR count). The zero-order valence-electron chi connectivity index (χ0n) is 7.41. The molecule has 0 amide bonds. The van der Waals surface area contributed by atoms with Crippen molar-refractivity contribution in [3.05, 3.63) is 23.5 Å². The van der Waals surface area contributed by atoms with Gasteiger partial charge in [0, 0.05) is 11.5 Å². The lowest BCUT2D eigenvalue weighted by molar-refractivity contribution is 0.406. The molecule has 3 nitrogen and oxygen atoms in total. The molecule has 0 heterocycles. The van der Waals surface area contributed by atoms with Crippen molar-refractivity contribution in [1.29, 1.82) is 0 Å². The van der Waals surface area contributed by atoms with E-state index in [0.29, 0.717) is 11.3 Å². The first-order valence-electron chi connectivity index (χ1n) is 3.76. The van der Waals surface area contributed by atoms with Crippen LogP contribution >= 0.6 is 0 Å². The summed E-state index contributed by atoms with van der Waals surface area (Å²) in [4.78, 5) is 0. The molecule has 0 aromatic heterocycles. The predicted octanol–water partition coefficient (Wildman–Crippen LogP) is -0.177. The van der Waals surface area contributed by atoms with Crippen LogP contribution < -0.4 is 10.2 Å². The molecule has 0 saturated carbocycles. The summed E-state index contributed by atoms with van der Waals surface area (Å²) in [5.41, 5.74) is 0.519. The third kappa shape index (κ3) is 1.99. The minimum Gasteiger partial charge on any atom is -0.496 e. The molecule has 5 heteroatoms. The standard InChI is InChI=1S/C8H10BFO3/c1-5-3-6(9(11)12)7(10)4-8(5)13-2/h3-4,11-12H,1-2H3. The van der Waals surface area contributed by atoms with Crippen molar-refractivity contribution in [3.63, 3.8) is 0 Å². The quantitative estimate of drug-likeness (QED) is 0.627. The Balaban J connectivity index is 3.20. The van der Waals surface area contributed by atoms with Gasteiger partial charge in [-0.1, -0.05) is 6.07 Å². The lowest BCUT2D eigenvalue weighted by Gasteiger charge is -2.07. The molecule has 13 heavy (non-hydrogen) atoms. The molecule has 0 unspecified atom stereocenters. The zero-order valence-corrected chi connectivity index (χ0v) is 7.41. The lowest BCUT2D eigenvalue weighted by atomic mass is 9.79. The first-order valence-corrected chi connectivity index (χ1v) is 3.76. The number of hydrogen-bond acceptors (Lipinski definition) is 3. The van der Waals surface area contributed by atoms with Gasteiger partial charge < -0.3 is 14.8 Å². The van der Waals surface area contributed by atoms with E-state index < -0.39 is 12.9 Å². The van der Waals surface area contributed by atoms with Crippen LogP contribution in [0.15, 0.2) is 12.1 Å². The Bertz CT molecular complexity index is 315. The Hall–Kier alpha value is -1.07. The van der Waals surface area contributed by atoms with E-state index in [0.717, 1.165) is 6.07 Å². The molecule has 0 spiro atoms. The highest BCUT2D eigenvalue weighted by Gasteiger charge is 2.18. The molecule has 0 aliphatic rings. The van der Waals surface area contributed by atoms with Gasteiger partial charge in [-0.25, -0.2) is 4.39 Å². The summed E-state index contributed by atoms with van der Waals surface area (Å²) >= 11 is 0. The number of halogens is 1. The van der Waals surface area contributed by atoms with E-state index in [4.69, 9.17) is 14.8 Å². The van der Waals surface area contributed by atoms with Crippen molar-refractivity contribution in [2.75, 3.05) is 7.11 Å². The topological polar surface area (TPSA) is 49.7 Å². The molecule has 0 aliphatic heterocycles. The second kappa shape index (κ2) is 3.76. The average Bonchev–Trinajstić information content (AvgIpc) is 2.07. The van der Waals surface area contributed by atoms with Crippen LogP contribution in [0.4, 0.5) is 4.39 Å². The minimum absolute atomic E-state index is 0.140. The van der Waals surface area contributed by atoms with Gasteiger partial charge in [0.15, 0.2) is 0 Å². The molecule has 2 N–H and O–H groups in total. The van der Waals surface area contributed by atoms with Gasteiger partial charge >= 0.3 is 7.12 Å². The minimum atomic E-state index is -1.79.